The van der Waals surface area contributed by atoms with E-state index in [-0.39, 0.29) is 16.7 Å². The second-order valence-corrected chi connectivity index (χ2v) is 4.44. The number of nitrogens with two attached hydrogens (primary N) is 1. The molecule has 3 N–H and O–H groups in total. The molecule has 2 aromatic heterocycles. The van der Waals surface area contributed by atoms with Crippen LogP contribution in [-0.4, -0.2) is 34.4 Å². The summed E-state index contributed by atoms with van der Waals surface area (Å²) >= 11 is 5.82. The fourth-order valence-electron chi connectivity index (χ4n) is 1.51. The van der Waals surface area contributed by atoms with E-state index in [0.29, 0.717) is 24.4 Å². The molecule has 8 heteroatoms. The highest BCUT2D eigenvalue weighted by Crippen LogP contribution is 2.17. The Kier molecular flexibility index (Phi) is 4.54. The zero-order valence-corrected chi connectivity index (χ0v) is 11.6. The first kappa shape index (κ1) is 14.3. The molecule has 0 unspecified atom stereocenters. The Balaban J connectivity index is 2.03. The van der Waals surface area contributed by atoms with Crippen LogP contribution in [0.2, 0.25) is 5.02 Å². The molecule has 0 bridgehead atoms. The maximum atomic E-state index is 12.0. The molecule has 7 nitrogen and oxygen atoms in total. The molecule has 1 amide bonds. The molecule has 0 saturated heterocycles. The molecule has 2 heterocycles. The van der Waals surface area contributed by atoms with Crippen LogP contribution in [0.25, 0.3) is 0 Å². The largest absolute Gasteiger partial charge is 0.383 e. The predicted octanol–water partition coefficient (Wildman–Crippen LogP) is 1.41. The van der Waals surface area contributed by atoms with Gasteiger partial charge in [-0.05, 0) is 6.07 Å². The van der Waals surface area contributed by atoms with E-state index in [2.05, 4.69) is 15.4 Å². The molecule has 2 aromatic rings. The molecule has 0 aliphatic rings. The van der Waals surface area contributed by atoms with Gasteiger partial charge >= 0.3 is 0 Å². The van der Waals surface area contributed by atoms with Crippen molar-refractivity contribution in [1.29, 1.82) is 0 Å². The monoisotopic (exact) mass is 295 g/mol. The summed E-state index contributed by atoms with van der Waals surface area (Å²) in [4.78, 5) is 15.8. The lowest BCUT2D eigenvalue weighted by Gasteiger charge is -2.03. The van der Waals surface area contributed by atoms with Crippen LogP contribution in [0.3, 0.4) is 0 Å². The summed E-state index contributed by atoms with van der Waals surface area (Å²) < 4.78 is 6.62. The number of aromatic nitrogens is 3. The molecule has 0 atom stereocenters. The number of pyridine rings is 1. The van der Waals surface area contributed by atoms with Crippen molar-refractivity contribution in [3.05, 3.63) is 35.2 Å². The smallest absolute Gasteiger partial charge is 0.257 e. The van der Waals surface area contributed by atoms with Crippen LogP contribution < -0.4 is 11.1 Å². The lowest BCUT2D eigenvalue weighted by Crippen LogP contribution is -2.12. The summed E-state index contributed by atoms with van der Waals surface area (Å²) in [6.45, 7) is 1.16. The van der Waals surface area contributed by atoms with Gasteiger partial charge < -0.3 is 15.8 Å². The number of anilines is 2. The fraction of sp³-hybridized carbons (Fsp3) is 0.250. The van der Waals surface area contributed by atoms with Gasteiger partial charge in [0, 0.05) is 19.5 Å². The van der Waals surface area contributed by atoms with Gasteiger partial charge in [-0.15, -0.1) is 0 Å². The topological polar surface area (TPSA) is 95.1 Å². The van der Waals surface area contributed by atoms with Gasteiger partial charge in [0.05, 0.1) is 35.6 Å². The van der Waals surface area contributed by atoms with E-state index in [1.807, 2.05) is 0 Å². The van der Waals surface area contributed by atoms with E-state index in [1.165, 1.54) is 12.3 Å². The number of carbonyl (C=O) groups is 1. The van der Waals surface area contributed by atoms with E-state index in [1.54, 1.807) is 24.2 Å². The molecule has 0 spiro atoms. The minimum absolute atomic E-state index is 0.190. The number of nitrogens with zero attached hydrogens (tertiary/aromatic N) is 3. The van der Waals surface area contributed by atoms with Crippen LogP contribution in [0.15, 0.2) is 24.7 Å². The van der Waals surface area contributed by atoms with Crippen molar-refractivity contribution < 1.29 is 9.53 Å². The van der Waals surface area contributed by atoms with Crippen molar-refractivity contribution in [1.82, 2.24) is 14.8 Å². The molecule has 2 rings (SSSR count). The lowest BCUT2D eigenvalue weighted by molar-refractivity contribution is 0.102. The quantitative estimate of drug-likeness (QED) is 0.869. The van der Waals surface area contributed by atoms with Gasteiger partial charge in [0.2, 0.25) is 0 Å². The Morgan fingerprint density at radius 2 is 2.35 bits per heavy atom. The van der Waals surface area contributed by atoms with Gasteiger partial charge in [-0.1, -0.05) is 11.6 Å². The van der Waals surface area contributed by atoms with Crippen LogP contribution in [0.4, 0.5) is 11.5 Å². The Morgan fingerprint density at radius 1 is 1.55 bits per heavy atom. The molecule has 0 saturated carbocycles. The van der Waals surface area contributed by atoms with Crippen LogP contribution >= 0.6 is 11.6 Å². The van der Waals surface area contributed by atoms with Gasteiger partial charge in [0.25, 0.3) is 5.91 Å². The van der Waals surface area contributed by atoms with Gasteiger partial charge in [-0.3, -0.25) is 9.48 Å². The highest BCUT2D eigenvalue weighted by molar-refractivity contribution is 6.33. The van der Waals surface area contributed by atoms with Crippen molar-refractivity contribution in [2.24, 2.45) is 0 Å². The van der Waals surface area contributed by atoms with E-state index in [4.69, 9.17) is 22.1 Å². The maximum absolute atomic E-state index is 12.0. The molecular weight excluding hydrogens is 282 g/mol. The normalized spacial score (nSPS) is 10.5. The minimum atomic E-state index is -0.328. The van der Waals surface area contributed by atoms with Crippen molar-refractivity contribution in [2.75, 3.05) is 24.8 Å². The molecule has 20 heavy (non-hydrogen) atoms. The Bertz CT molecular complexity index is 614. The van der Waals surface area contributed by atoms with Crippen molar-refractivity contribution in [3.8, 4) is 0 Å². The first-order valence-corrected chi connectivity index (χ1v) is 6.21. The number of hydrogen-bond donors (Lipinski definition) is 2. The first-order valence-electron chi connectivity index (χ1n) is 5.84. The van der Waals surface area contributed by atoms with E-state index in [9.17, 15) is 4.79 Å². The number of nitrogen functional groups attached to an aromatic ring is 1. The Labute approximate surface area is 120 Å². The second kappa shape index (κ2) is 6.36. The van der Waals surface area contributed by atoms with Crippen molar-refractivity contribution in [2.45, 2.75) is 6.54 Å². The second-order valence-electron chi connectivity index (χ2n) is 4.03. The number of amides is 1. The summed E-state index contributed by atoms with van der Waals surface area (Å²) in [5.74, 6) is -0.138. The van der Waals surface area contributed by atoms with E-state index in [0.717, 1.165) is 0 Å². The van der Waals surface area contributed by atoms with Crippen molar-refractivity contribution >= 4 is 29.0 Å². The highest BCUT2D eigenvalue weighted by atomic mass is 35.5. The number of rotatable bonds is 5. The van der Waals surface area contributed by atoms with Gasteiger partial charge in [-0.25, -0.2) is 4.98 Å². The standard InChI is InChI=1S/C12H14ClN5O2/c1-20-3-2-18-7-9(6-16-18)17-12(19)8-4-10(13)11(14)15-5-8/h4-7H,2-3H2,1H3,(H2,14,15)(H,17,19). The molecule has 0 aromatic carbocycles. The number of hydrogen-bond acceptors (Lipinski definition) is 5. The van der Waals surface area contributed by atoms with Crippen LogP contribution in [-0.2, 0) is 11.3 Å². The number of ether oxygens (including phenoxy) is 1. The summed E-state index contributed by atoms with van der Waals surface area (Å²) in [5, 5.41) is 7.04. The predicted molar refractivity (Wildman–Crippen MR) is 75.7 cm³/mol. The third kappa shape index (κ3) is 3.46. The molecule has 0 fully saturated rings. The lowest BCUT2D eigenvalue weighted by atomic mass is 10.2. The van der Waals surface area contributed by atoms with Gasteiger partial charge in [0.15, 0.2) is 0 Å². The third-order valence-corrected chi connectivity index (χ3v) is 2.85. The summed E-state index contributed by atoms with van der Waals surface area (Å²) in [6.07, 6.45) is 4.63. The number of methoxy groups -OCH3 is 1. The number of halogens is 1. The third-order valence-electron chi connectivity index (χ3n) is 2.55. The van der Waals surface area contributed by atoms with Crippen LogP contribution in [0.1, 0.15) is 10.4 Å². The highest BCUT2D eigenvalue weighted by Gasteiger charge is 2.10. The Hall–Kier alpha value is -2.12. The fourth-order valence-corrected chi connectivity index (χ4v) is 1.68. The molecule has 0 aliphatic heterocycles. The average molecular weight is 296 g/mol. The number of carbonyl (C=O) groups excluding carboxylic acids is 1. The van der Waals surface area contributed by atoms with Gasteiger partial charge in [0.1, 0.15) is 5.82 Å². The van der Waals surface area contributed by atoms with E-state index >= 15 is 0 Å². The van der Waals surface area contributed by atoms with Crippen molar-refractivity contribution in [3.63, 3.8) is 0 Å². The van der Waals surface area contributed by atoms with Gasteiger partial charge in [-0.2, -0.15) is 5.10 Å². The molecule has 0 radical (unpaired) electrons. The first-order chi connectivity index (χ1) is 9.60. The summed E-state index contributed by atoms with van der Waals surface area (Å²) in [7, 11) is 1.62. The van der Waals surface area contributed by atoms with Crippen LogP contribution in [0.5, 0.6) is 0 Å². The molecule has 0 aliphatic carbocycles. The van der Waals surface area contributed by atoms with E-state index < -0.39 is 0 Å². The molecular formula is C12H14ClN5O2. The maximum Gasteiger partial charge on any atom is 0.257 e. The van der Waals surface area contributed by atoms with Crippen LogP contribution in [0, 0.1) is 0 Å². The minimum Gasteiger partial charge on any atom is -0.383 e. The zero-order chi connectivity index (χ0) is 14.5. The Morgan fingerprint density at radius 3 is 3.05 bits per heavy atom. The SMILES string of the molecule is COCCn1cc(NC(=O)c2cnc(N)c(Cl)c2)cn1. The average Bonchev–Trinajstić information content (AvgIpc) is 2.87. The summed E-state index contributed by atoms with van der Waals surface area (Å²) in [5.41, 5.74) is 6.40. The number of nitrogens with one attached hydrogen (secondary N) is 1. The zero-order valence-electron chi connectivity index (χ0n) is 10.8. The molecule has 106 valence electrons. The summed E-state index contributed by atoms with van der Waals surface area (Å²) in [6, 6.07) is 1.47.